The van der Waals surface area contributed by atoms with Gasteiger partial charge in [-0.15, -0.1) is 12.3 Å². The summed E-state index contributed by atoms with van der Waals surface area (Å²) in [5.41, 5.74) is 0. The van der Waals surface area contributed by atoms with Crippen LogP contribution in [0.5, 0.6) is 0 Å². The lowest BCUT2D eigenvalue weighted by atomic mass is 10.2. The first-order chi connectivity index (χ1) is 8.51. The Kier molecular flexibility index (Phi) is 7.77. The van der Waals surface area contributed by atoms with E-state index in [4.69, 9.17) is 11.5 Å². The second-order valence-electron chi connectivity index (χ2n) is 3.40. The van der Waals surface area contributed by atoms with E-state index in [9.17, 15) is 14.4 Å². The molecular formula is C11H17N3O4. The molecule has 0 aromatic rings. The molecule has 4 N–H and O–H groups in total. The zero-order valence-corrected chi connectivity index (χ0v) is 10.2. The predicted molar refractivity (Wildman–Crippen MR) is 64.7 cm³/mol. The zero-order valence-electron chi connectivity index (χ0n) is 10.2. The first kappa shape index (κ1) is 15.8. The van der Waals surface area contributed by atoms with Gasteiger partial charge in [-0.25, -0.2) is 9.59 Å². The van der Waals surface area contributed by atoms with E-state index < -0.39 is 18.0 Å². The number of amides is 3. The van der Waals surface area contributed by atoms with Crippen molar-refractivity contribution in [1.29, 1.82) is 0 Å². The van der Waals surface area contributed by atoms with Gasteiger partial charge in [0.1, 0.15) is 6.04 Å². The van der Waals surface area contributed by atoms with E-state index in [1.807, 2.05) is 0 Å². The molecule has 18 heavy (non-hydrogen) atoms. The van der Waals surface area contributed by atoms with Crippen molar-refractivity contribution in [1.82, 2.24) is 16.0 Å². The Bertz CT molecular complexity index is 349. The average Bonchev–Trinajstić information content (AvgIpc) is 2.28. The Morgan fingerprint density at radius 3 is 2.50 bits per heavy atom. The number of hydrogen-bond acceptors (Lipinski definition) is 3. The van der Waals surface area contributed by atoms with Gasteiger partial charge in [0.15, 0.2) is 0 Å². The van der Waals surface area contributed by atoms with Crippen LogP contribution in [-0.2, 0) is 9.59 Å². The van der Waals surface area contributed by atoms with Crippen LogP contribution < -0.4 is 16.0 Å². The molecule has 0 rings (SSSR count). The number of nitrogens with one attached hydrogen (secondary N) is 3. The summed E-state index contributed by atoms with van der Waals surface area (Å²) in [6.07, 6.45) is 5.01. The lowest BCUT2D eigenvalue weighted by molar-refractivity contribution is -0.139. The van der Waals surface area contributed by atoms with E-state index >= 15 is 0 Å². The van der Waals surface area contributed by atoms with Gasteiger partial charge in [0.05, 0.1) is 0 Å². The summed E-state index contributed by atoms with van der Waals surface area (Å²) < 4.78 is 0. The fraction of sp³-hybridized carbons (Fsp3) is 0.545. The minimum absolute atomic E-state index is 0.0981. The lowest BCUT2D eigenvalue weighted by Gasteiger charge is -2.12. The lowest BCUT2D eigenvalue weighted by Crippen LogP contribution is -2.46. The molecular weight excluding hydrogens is 238 g/mol. The van der Waals surface area contributed by atoms with Crippen LogP contribution in [0.15, 0.2) is 0 Å². The first-order valence-electron chi connectivity index (χ1n) is 5.48. The molecule has 0 aromatic carbocycles. The Balaban J connectivity index is 3.92. The minimum Gasteiger partial charge on any atom is -0.480 e. The van der Waals surface area contributed by atoms with Gasteiger partial charge in [0, 0.05) is 25.9 Å². The van der Waals surface area contributed by atoms with Crippen LogP contribution in [0.1, 0.15) is 19.8 Å². The van der Waals surface area contributed by atoms with Crippen LogP contribution in [0.3, 0.4) is 0 Å². The molecule has 0 saturated carbocycles. The quantitative estimate of drug-likeness (QED) is 0.451. The first-order valence-corrected chi connectivity index (χ1v) is 5.48. The van der Waals surface area contributed by atoms with Gasteiger partial charge in [-0.3, -0.25) is 4.79 Å². The van der Waals surface area contributed by atoms with E-state index in [0.29, 0.717) is 6.54 Å². The highest BCUT2D eigenvalue weighted by Gasteiger charge is 2.18. The monoisotopic (exact) mass is 255 g/mol. The number of terminal acetylenes is 1. The van der Waals surface area contributed by atoms with Crippen LogP contribution >= 0.6 is 0 Å². The second-order valence-corrected chi connectivity index (χ2v) is 3.40. The van der Waals surface area contributed by atoms with Gasteiger partial charge >= 0.3 is 12.0 Å². The van der Waals surface area contributed by atoms with E-state index in [0.717, 1.165) is 0 Å². The van der Waals surface area contributed by atoms with Crippen molar-refractivity contribution >= 4 is 17.9 Å². The zero-order chi connectivity index (χ0) is 14.0. The highest BCUT2D eigenvalue weighted by atomic mass is 16.4. The molecule has 1 unspecified atom stereocenters. The molecule has 3 amide bonds. The molecule has 0 fully saturated rings. The van der Waals surface area contributed by atoms with Gasteiger partial charge in [-0.1, -0.05) is 0 Å². The molecule has 0 spiro atoms. The Morgan fingerprint density at radius 1 is 1.33 bits per heavy atom. The second kappa shape index (κ2) is 8.87. The van der Waals surface area contributed by atoms with Crippen molar-refractivity contribution < 1.29 is 19.5 Å². The van der Waals surface area contributed by atoms with Crippen molar-refractivity contribution in [2.45, 2.75) is 25.8 Å². The van der Waals surface area contributed by atoms with Crippen molar-refractivity contribution in [2.75, 3.05) is 13.1 Å². The number of aliphatic carboxylic acids is 1. The summed E-state index contributed by atoms with van der Waals surface area (Å²) in [4.78, 5) is 33.0. The molecule has 7 heteroatoms. The molecule has 0 aliphatic carbocycles. The highest BCUT2D eigenvalue weighted by molar-refractivity contribution is 5.83. The van der Waals surface area contributed by atoms with E-state index in [-0.39, 0.29) is 25.3 Å². The third-order valence-corrected chi connectivity index (χ3v) is 1.94. The number of carbonyl (C=O) groups excluding carboxylic acids is 2. The summed E-state index contributed by atoms with van der Waals surface area (Å²) in [7, 11) is 0. The van der Waals surface area contributed by atoms with Gasteiger partial charge in [-0.05, 0) is 6.92 Å². The summed E-state index contributed by atoms with van der Waals surface area (Å²) in [6, 6.07) is -1.79. The average molecular weight is 255 g/mol. The fourth-order valence-corrected chi connectivity index (χ4v) is 1.10. The summed E-state index contributed by atoms with van der Waals surface area (Å²) in [6.45, 7) is 2.43. The molecule has 0 aromatic heterocycles. The smallest absolute Gasteiger partial charge is 0.327 e. The summed E-state index contributed by atoms with van der Waals surface area (Å²) in [5.74, 6) is 0.772. The summed E-state index contributed by atoms with van der Waals surface area (Å²) in [5, 5.41) is 15.9. The van der Waals surface area contributed by atoms with Crippen molar-refractivity contribution in [2.24, 2.45) is 0 Å². The molecule has 0 radical (unpaired) electrons. The molecule has 1 atom stereocenters. The Morgan fingerprint density at radius 2 is 2.00 bits per heavy atom. The number of carboxylic acids is 1. The molecule has 0 aliphatic heterocycles. The molecule has 0 saturated heterocycles. The van der Waals surface area contributed by atoms with Gasteiger partial charge < -0.3 is 21.1 Å². The van der Waals surface area contributed by atoms with E-state index in [1.165, 1.54) is 0 Å². The Hall–Kier alpha value is -2.23. The molecule has 0 aliphatic rings. The molecule has 0 bridgehead atoms. The highest BCUT2D eigenvalue weighted by Crippen LogP contribution is 1.90. The normalized spacial score (nSPS) is 10.9. The van der Waals surface area contributed by atoms with Crippen LogP contribution in [0.2, 0.25) is 0 Å². The maximum Gasteiger partial charge on any atom is 0.327 e. The molecule has 0 heterocycles. The van der Waals surface area contributed by atoms with Gasteiger partial charge in [0.2, 0.25) is 5.91 Å². The molecule has 7 nitrogen and oxygen atoms in total. The number of rotatable bonds is 7. The number of urea groups is 1. The van der Waals surface area contributed by atoms with Crippen LogP contribution in [0.25, 0.3) is 0 Å². The summed E-state index contributed by atoms with van der Waals surface area (Å²) >= 11 is 0. The number of hydrogen-bond donors (Lipinski definition) is 4. The third-order valence-electron chi connectivity index (χ3n) is 1.94. The van der Waals surface area contributed by atoms with Crippen molar-refractivity contribution in [3.05, 3.63) is 0 Å². The topological polar surface area (TPSA) is 108 Å². The van der Waals surface area contributed by atoms with E-state index in [2.05, 4.69) is 21.9 Å². The third kappa shape index (κ3) is 7.11. The van der Waals surface area contributed by atoms with Gasteiger partial charge in [-0.2, -0.15) is 0 Å². The number of carbonyl (C=O) groups is 3. The SMILES string of the molecule is C#CCC(NC(=O)NCCC(=O)NCC)C(=O)O. The van der Waals surface area contributed by atoms with Crippen LogP contribution in [0, 0.1) is 12.3 Å². The van der Waals surface area contributed by atoms with Crippen LogP contribution in [0.4, 0.5) is 4.79 Å². The largest absolute Gasteiger partial charge is 0.480 e. The van der Waals surface area contributed by atoms with Crippen molar-refractivity contribution in [3.8, 4) is 12.3 Å². The van der Waals surface area contributed by atoms with Crippen LogP contribution in [-0.4, -0.2) is 42.1 Å². The maximum absolute atomic E-state index is 11.3. The number of carboxylic acid groups (broad SMARTS) is 1. The van der Waals surface area contributed by atoms with Crippen molar-refractivity contribution in [3.63, 3.8) is 0 Å². The Labute approximate surface area is 105 Å². The predicted octanol–water partition coefficient (Wildman–Crippen LogP) is -0.712. The van der Waals surface area contributed by atoms with Gasteiger partial charge in [0.25, 0.3) is 0 Å². The fourth-order valence-electron chi connectivity index (χ4n) is 1.10. The minimum atomic E-state index is -1.20. The van der Waals surface area contributed by atoms with E-state index in [1.54, 1.807) is 6.92 Å². The standard InChI is InChI=1S/C11H17N3O4/c1-3-5-8(10(16)17)14-11(18)13-7-6-9(15)12-4-2/h1,8H,4-7H2,2H3,(H,12,15)(H,16,17)(H2,13,14,18). The maximum atomic E-state index is 11.3. The molecule has 100 valence electrons.